The number of nitrogens with one attached hydrogen (secondary N) is 1. The van der Waals surface area contributed by atoms with Gasteiger partial charge in [-0.2, -0.15) is 0 Å². The summed E-state index contributed by atoms with van der Waals surface area (Å²) in [6.45, 7) is 7.74. The summed E-state index contributed by atoms with van der Waals surface area (Å²) in [6, 6.07) is 2.71. The second-order valence-corrected chi connectivity index (χ2v) is 6.49. The zero-order valence-electron chi connectivity index (χ0n) is 13.3. The van der Waals surface area contributed by atoms with E-state index in [4.69, 9.17) is 0 Å². The molecule has 116 valence electrons. The summed E-state index contributed by atoms with van der Waals surface area (Å²) >= 11 is 0. The fourth-order valence-electron chi connectivity index (χ4n) is 3.93. The van der Waals surface area contributed by atoms with Crippen LogP contribution < -0.4 is 5.32 Å². The first kappa shape index (κ1) is 14.6. The van der Waals surface area contributed by atoms with Gasteiger partial charge in [0.1, 0.15) is 0 Å². The summed E-state index contributed by atoms with van der Waals surface area (Å²) in [5.74, 6) is 0.214. The van der Waals surface area contributed by atoms with Gasteiger partial charge in [-0.1, -0.05) is 19.3 Å². The van der Waals surface area contributed by atoms with Gasteiger partial charge in [0, 0.05) is 43.6 Å². The average Bonchev–Trinajstić information content (AvgIpc) is 2.83. The molecule has 1 saturated heterocycles. The van der Waals surface area contributed by atoms with Crippen LogP contribution in [0.15, 0.2) is 6.07 Å². The number of carbonyl (C=O) groups is 1. The minimum atomic E-state index is 0.214. The molecule has 3 rings (SSSR count). The Bertz CT molecular complexity index is 508. The zero-order valence-corrected chi connectivity index (χ0v) is 13.3. The maximum absolute atomic E-state index is 12.8. The zero-order chi connectivity index (χ0) is 14.8. The SMILES string of the molecule is Cc1cc(C(=O)N2CCNCC2)c(C)n1C1CCCCC1. The van der Waals surface area contributed by atoms with E-state index in [1.54, 1.807) is 0 Å². The Morgan fingerprint density at radius 1 is 1.14 bits per heavy atom. The first-order valence-electron chi connectivity index (χ1n) is 8.37. The second-order valence-electron chi connectivity index (χ2n) is 6.49. The Kier molecular flexibility index (Phi) is 4.34. The van der Waals surface area contributed by atoms with Crippen molar-refractivity contribution in [1.29, 1.82) is 0 Å². The lowest BCUT2D eigenvalue weighted by Gasteiger charge is -2.28. The average molecular weight is 289 g/mol. The molecule has 0 bridgehead atoms. The van der Waals surface area contributed by atoms with Crippen molar-refractivity contribution < 1.29 is 4.79 Å². The lowest BCUT2D eigenvalue weighted by molar-refractivity contribution is 0.0735. The Morgan fingerprint density at radius 2 is 1.81 bits per heavy atom. The molecule has 0 radical (unpaired) electrons. The summed E-state index contributed by atoms with van der Waals surface area (Å²) in [6.07, 6.45) is 6.53. The van der Waals surface area contributed by atoms with Gasteiger partial charge in [0.2, 0.25) is 0 Å². The van der Waals surface area contributed by atoms with Crippen molar-refractivity contribution in [3.05, 3.63) is 23.0 Å². The number of amides is 1. The third kappa shape index (κ3) is 2.86. The molecule has 21 heavy (non-hydrogen) atoms. The second kappa shape index (κ2) is 6.22. The summed E-state index contributed by atoms with van der Waals surface area (Å²) in [5.41, 5.74) is 3.33. The third-order valence-corrected chi connectivity index (χ3v) is 5.06. The standard InChI is InChI=1S/C17H27N3O/c1-13-12-16(17(21)19-10-8-18-9-11-19)14(2)20(13)15-6-4-3-5-7-15/h12,15,18H,3-11H2,1-2H3. The topological polar surface area (TPSA) is 37.3 Å². The van der Waals surface area contributed by atoms with Gasteiger partial charge in [0.15, 0.2) is 0 Å². The number of aryl methyl sites for hydroxylation is 1. The lowest BCUT2D eigenvalue weighted by Crippen LogP contribution is -2.46. The molecular weight excluding hydrogens is 262 g/mol. The largest absolute Gasteiger partial charge is 0.345 e. The Hall–Kier alpha value is -1.29. The summed E-state index contributed by atoms with van der Waals surface area (Å²) in [7, 11) is 0. The number of rotatable bonds is 2. The number of piperazine rings is 1. The van der Waals surface area contributed by atoms with Crippen molar-refractivity contribution in [3.63, 3.8) is 0 Å². The molecule has 0 atom stereocenters. The van der Waals surface area contributed by atoms with E-state index in [1.807, 2.05) is 4.90 Å². The first-order valence-corrected chi connectivity index (χ1v) is 8.37. The molecule has 1 aliphatic carbocycles. The number of hydrogen-bond donors (Lipinski definition) is 1. The van der Waals surface area contributed by atoms with Gasteiger partial charge in [-0.05, 0) is 32.8 Å². The van der Waals surface area contributed by atoms with Crippen LogP contribution >= 0.6 is 0 Å². The van der Waals surface area contributed by atoms with Gasteiger partial charge < -0.3 is 14.8 Å². The normalized spacial score (nSPS) is 20.8. The minimum absolute atomic E-state index is 0.214. The molecule has 0 aromatic carbocycles. The number of aromatic nitrogens is 1. The van der Waals surface area contributed by atoms with E-state index in [0.29, 0.717) is 6.04 Å². The Balaban J connectivity index is 1.84. The van der Waals surface area contributed by atoms with Gasteiger partial charge in [-0.15, -0.1) is 0 Å². The van der Waals surface area contributed by atoms with Crippen LogP contribution in [-0.2, 0) is 0 Å². The third-order valence-electron chi connectivity index (χ3n) is 5.06. The summed E-state index contributed by atoms with van der Waals surface area (Å²) < 4.78 is 2.43. The number of nitrogens with zero attached hydrogens (tertiary/aromatic N) is 2. The van der Waals surface area contributed by atoms with Gasteiger partial charge in [-0.25, -0.2) is 0 Å². The predicted octanol–water partition coefficient (Wildman–Crippen LogP) is 2.66. The Morgan fingerprint density at radius 3 is 2.48 bits per heavy atom. The van der Waals surface area contributed by atoms with E-state index >= 15 is 0 Å². The van der Waals surface area contributed by atoms with Gasteiger partial charge in [-0.3, -0.25) is 4.79 Å². The van der Waals surface area contributed by atoms with Gasteiger partial charge >= 0.3 is 0 Å². The number of hydrogen-bond acceptors (Lipinski definition) is 2. The first-order chi connectivity index (χ1) is 10.2. The van der Waals surface area contributed by atoms with Crippen molar-refractivity contribution >= 4 is 5.91 Å². The highest BCUT2D eigenvalue weighted by molar-refractivity contribution is 5.95. The van der Waals surface area contributed by atoms with Crippen LogP contribution in [0.3, 0.4) is 0 Å². The van der Waals surface area contributed by atoms with E-state index in [1.165, 1.54) is 43.5 Å². The van der Waals surface area contributed by atoms with E-state index in [9.17, 15) is 4.79 Å². The monoisotopic (exact) mass is 289 g/mol. The molecular formula is C17H27N3O. The molecule has 1 aromatic heterocycles. The van der Waals surface area contributed by atoms with Crippen molar-refractivity contribution in [3.8, 4) is 0 Å². The highest BCUT2D eigenvalue weighted by Gasteiger charge is 2.25. The molecule has 2 aliphatic rings. The maximum atomic E-state index is 12.8. The van der Waals surface area contributed by atoms with Crippen molar-refractivity contribution in [2.24, 2.45) is 0 Å². The van der Waals surface area contributed by atoms with E-state index in [-0.39, 0.29) is 5.91 Å². The molecule has 0 unspecified atom stereocenters. The van der Waals surface area contributed by atoms with Crippen molar-refractivity contribution in [2.45, 2.75) is 52.0 Å². The molecule has 2 fully saturated rings. The quantitative estimate of drug-likeness (QED) is 0.909. The van der Waals surface area contributed by atoms with Gasteiger partial charge in [0.25, 0.3) is 5.91 Å². The predicted molar refractivity (Wildman–Crippen MR) is 84.8 cm³/mol. The fourth-order valence-corrected chi connectivity index (χ4v) is 3.93. The highest BCUT2D eigenvalue weighted by Crippen LogP contribution is 2.32. The minimum Gasteiger partial charge on any atom is -0.345 e. The molecule has 4 nitrogen and oxygen atoms in total. The van der Waals surface area contributed by atoms with Crippen molar-refractivity contribution in [1.82, 2.24) is 14.8 Å². The molecule has 4 heteroatoms. The van der Waals surface area contributed by atoms with E-state index < -0.39 is 0 Å². The molecule has 0 spiro atoms. The van der Waals surface area contributed by atoms with Crippen LogP contribution in [0.4, 0.5) is 0 Å². The molecule has 1 amide bonds. The van der Waals surface area contributed by atoms with Crippen LogP contribution in [0, 0.1) is 13.8 Å². The molecule has 1 saturated carbocycles. The summed E-state index contributed by atoms with van der Waals surface area (Å²) in [4.78, 5) is 14.7. The lowest BCUT2D eigenvalue weighted by atomic mass is 9.95. The fraction of sp³-hybridized carbons (Fsp3) is 0.706. The number of carbonyl (C=O) groups excluding carboxylic acids is 1. The van der Waals surface area contributed by atoms with Crippen LogP contribution in [-0.4, -0.2) is 41.6 Å². The van der Waals surface area contributed by atoms with Crippen LogP contribution in [0.25, 0.3) is 0 Å². The van der Waals surface area contributed by atoms with Crippen LogP contribution in [0.1, 0.15) is 59.9 Å². The molecule has 1 aromatic rings. The highest BCUT2D eigenvalue weighted by atomic mass is 16.2. The molecule has 2 heterocycles. The van der Waals surface area contributed by atoms with Crippen LogP contribution in [0.5, 0.6) is 0 Å². The smallest absolute Gasteiger partial charge is 0.255 e. The van der Waals surface area contributed by atoms with E-state index in [2.05, 4.69) is 29.8 Å². The van der Waals surface area contributed by atoms with E-state index in [0.717, 1.165) is 31.7 Å². The maximum Gasteiger partial charge on any atom is 0.255 e. The molecule has 1 aliphatic heterocycles. The van der Waals surface area contributed by atoms with Crippen molar-refractivity contribution in [2.75, 3.05) is 26.2 Å². The van der Waals surface area contributed by atoms with Crippen LogP contribution in [0.2, 0.25) is 0 Å². The summed E-state index contributed by atoms with van der Waals surface area (Å²) in [5, 5.41) is 3.30. The molecule has 1 N–H and O–H groups in total. The van der Waals surface area contributed by atoms with Gasteiger partial charge in [0.05, 0.1) is 5.56 Å². The Labute approximate surface area is 127 Å².